The van der Waals surface area contributed by atoms with E-state index in [1.165, 1.54) is 12.1 Å². The molecule has 0 spiro atoms. The Bertz CT molecular complexity index is 903. The monoisotopic (exact) mass is 356 g/mol. The SMILES string of the molecule is O=C(N/N=C\c1c(F)cccc1F)c1ccc(COc2ccccc2)o1. The first kappa shape index (κ1) is 17.3. The van der Waals surface area contributed by atoms with E-state index in [-0.39, 0.29) is 17.9 Å². The zero-order valence-corrected chi connectivity index (χ0v) is 13.5. The third-order valence-corrected chi connectivity index (χ3v) is 3.37. The van der Waals surface area contributed by atoms with Gasteiger partial charge in [0.15, 0.2) is 5.76 Å². The average molecular weight is 356 g/mol. The molecule has 3 rings (SSSR count). The highest BCUT2D eigenvalue weighted by Gasteiger charge is 2.11. The summed E-state index contributed by atoms with van der Waals surface area (Å²) in [6, 6.07) is 15.6. The molecule has 0 saturated carbocycles. The lowest BCUT2D eigenvalue weighted by Gasteiger charge is -2.03. The van der Waals surface area contributed by atoms with Crippen molar-refractivity contribution in [2.24, 2.45) is 5.10 Å². The van der Waals surface area contributed by atoms with Gasteiger partial charge in [0.2, 0.25) is 0 Å². The van der Waals surface area contributed by atoms with Crippen LogP contribution in [0, 0.1) is 11.6 Å². The maximum Gasteiger partial charge on any atom is 0.307 e. The number of amides is 1. The number of carbonyl (C=O) groups is 1. The predicted octanol–water partition coefficient (Wildman–Crippen LogP) is 3.90. The molecule has 0 aliphatic rings. The van der Waals surface area contributed by atoms with Gasteiger partial charge < -0.3 is 9.15 Å². The minimum Gasteiger partial charge on any atom is -0.486 e. The summed E-state index contributed by atoms with van der Waals surface area (Å²) in [6.45, 7) is 0.154. The predicted molar refractivity (Wildman–Crippen MR) is 90.9 cm³/mol. The van der Waals surface area contributed by atoms with Crippen molar-refractivity contribution in [1.29, 1.82) is 0 Å². The molecule has 0 saturated heterocycles. The van der Waals surface area contributed by atoms with Crippen LogP contribution in [0.2, 0.25) is 0 Å². The summed E-state index contributed by atoms with van der Waals surface area (Å²) in [5, 5.41) is 3.55. The summed E-state index contributed by atoms with van der Waals surface area (Å²) in [7, 11) is 0. The molecule has 5 nitrogen and oxygen atoms in total. The lowest BCUT2D eigenvalue weighted by molar-refractivity contribution is 0.0923. The zero-order valence-electron chi connectivity index (χ0n) is 13.5. The van der Waals surface area contributed by atoms with Gasteiger partial charge in [-0.15, -0.1) is 0 Å². The number of para-hydroxylation sites is 1. The number of benzene rings is 2. The lowest BCUT2D eigenvalue weighted by atomic mass is 10.2. The number of furan rings is 1. The van der Waals surface area contributed by atoms with Crippen LogP contribution in [0.25, 0.3) is 0 Å². The van der Waals surface area contributed by atoms with E-state index in [9.17, 15) is 13.6 Å². The van der Waals surface area contributed by atoms with Crippen molar-refractivity contribution in [2.45, 2.75) is 6.61 Å². The van der Waals surface area contributed by atoms with Crippen LogP contribution in [0.1, 0.15) is 21.9 Å². The Kier molecular flexibility index (Phi) is 5.38. The Hall–Kier alpha value is -3.48. The molecule has 0 atom stereocenters. The van der Waals surface area contributed by atoms with Crippen molar-refractivity contribution in [2.75, 3.05) is 0 Å². The molecular weight excluding hydrogens is 342 g/mol. The van der Waals surface area contributed by atoms with E-state index in [1.807, 2.05) is 18.2 Å². The number of halogens is 2. The molecule has 1 amide bonds. The molecule has 1 heterocycles. The quantitative estimate of drug-likeness (QED) is 0.538. The van der Waals surface area contributed by atoms with Crippen molar-refractivity contribution in [3.8, 4) is 5.75 Å². The van der Waals surface area contributed by atoms with E-state index in [2.05, 4.69) is 10.5 Å². The average Bonchev–Trinajstić information content (AvgIpc) is 3.12. The van der Waals surface area contributed by atoms with Gasteiger partial charge in [-0.2, -0.15) is 5.10 Å². The number of hydrogen-bond acceptors (Lipinski definition) is 4. The topological polar surface area (TPSA) is 63.8 Å². The van der Waals surface area contributed by atoms with Crippen LogP contribution < -0.4 is 10.2 Å². The van der Waals surface area contributed by atoms with Crippen LogP contribution in [0.4, 0.5) is 8.78 Å². The first-order valence-electron chi connectivity index (χ1n) is 7.67. The smallest absolute Gasteiger partial charge is 0.307 e. The maximum absolute atomic E-state index is 13.4. The Morgan fingerprint density at radius 3 is 2.50 bits per heavy atom. The van der Waals surface area contributed by atoms with Gasteiger partial charge in [0.05, 0.1) is 11.8 Å². The third kappa shape index (κ3) is 4.32. The summed E-state index contributed by atoms with van der Waals surface area (Å²) in [4.78, 5) is 11.9. The van der Waals surface area contributed by atoms with Gasteiger partial charge in [-0.3, -0.25) is 4.79 Å². The second kappa shape index (κ2) is 8.06. The fraction of sp³-hybridized carbons (Fsp3) is 0.0526. The second-order valence-corrected chi connectivity index (χ2v) is 5.20. The molecule has 1 N–H and O–H groups in total. The summed E-state index contributed by atoms with van der Waals surface area (Å²) < 4.78 is 37.8. The number of nitrogens with zero attached hydrogens (tertiary/aromatic N) is 1. The standard InChI is InChI=1S/C19H14F2N2O3/c20-16-7-4-8-17(21)15(16)11-22-23-19(24)18-10-9-14(26-18)12-25-13-5-2-1-3-6-13/h1-11H,12H2,(H,23,24)/b22-11-. The van der Waals surface area contributed by atoms with Gasteiger partial charge in [0.1, 0.15) is 29.8 Å². The number of rotatable bonds is 6. The van der Waals surface area contributed by atoms with E-state index in [0.29, 0.717) is 11.5 Å². The summed E-state index contributed by atoms with van der Waals surface area (Å²) in [5.74, 6) is -1.08. The van der Waals surface area contributed by atoms with E-state index in [1.54, 1.807) is 18.2 Å². The largest absolute Gasteiger partial charge is 0.486 e. The minimum atomic E-state index is -0.777. The van der Waals surface area contributed by atoms with Crippen molar-refractivity contribution in [1.82, 2.24) is 5.43 Å². The highest BCUT2D eigenvalue weighted by Crippen LogP contribution is 2.14. The Balaban J connectivity index is 1.57. The fourth-order valence-corrected chi connectivity index (χ4v) is 2.09. The van der Waals surface area contributed by atoms with Crippen LogP contribution in [0.15, 0.2) is 70.2 Å². The normalized spacial score (nSPS) is 10.8. The molecule has 0 aliphatic heterocycles. The zero-order chi connectivity index (χ0) is 18.4. The Morgan fingerprint density at radius 2 is 1.77 bits per heavy atom. The molecule has 7 heteroatoms. The summed E-state index contributed by atoms with van der Waals surface area (Å²) in [5.41, 5.74) is 1.81. The Morgan fingerprint density at radius 1 is 1.04 bits per heavy atom. The van der Waals surface area contributed by atoms with Crippen LogP contribution in [0.5, 0.6) is 5.75 Å². The van der Waals surface area contributed by atoms with Gasteiger partial charge in [0, 0.05) is 0 Å². The van der Waals surface area contributed by atoms with Crippen LogP contribution in [-0.4, -0.2) is 12.1 Å². The molecule has 0 radical (unpaired) electrons. The van der Waals surface area contributed by atoms with Crippen molar-refractivity contribution >= 4 is 12.1 Å². The van der Waals surface area contributed by atoms with Gasteiger partial charge in [0.25, 0.3) is 0 Å². The summed E-state index contributed by atoms with van der Waals surface area (Å²) >= 11 is 0. The molecular formula is C19H14F2N2O3. The lowest BCUT2D eigenvalue weighted by Crippen LogP contribution is -2.17. The minimum absolute atomic E-state index is 0.00261. The maximum atomic E-state index is 13.4. The molecule has 132 valence electrons. The van der Waals surface area contributed by atoms with Gasteiger partial charge in [-0.05, 0) is 36.4 Å². The van der Waals surface area contributed by atoms with Crippen molar-refractivity contribution in [3.05, 3.63) is 89.4 Å². The molecule has 0 fully saturated rings. The van der Waals surface area contributed by atoms with Crippen molar-refractivity contribution in [3.63, 3.8) is 0 Å². The second-order valence-electron chi connectivity index (χ2n) is 5.20. The third-order valence-electron chi connectivity index (χ3n) is 3.37. The van der Waals surface area contributed by atoms with Gasteiger partial charge >= 0.3 is 5.91 Å². The van der Waals surface area contributed by atoms with E-state index >= 15 is 0 Å². The first-order valence-corrected chi connectivity index (χ1v) is 7.67. The summed E-state index contributed by atoms with van der Waals surface area (Å²) in [6.07, 6.45) is 0.894. The molecule has 3 aromatic rings. The van der Waals surface area contributed by atoms with Crippen LogP contribution >= 0.6 is 0 Å². The molecule has 1 aromatic heterocycles. The van der Waals surface area contributed by atoms with Gasteiger partial charge in [-0.25, -0.2) is 14.2 Å². The van der Waals surface area contributed by atoms with E-state index in [4.69, 9.17) is 9.15 Å². The number of carbonyl (C=O) groups excluding carboxylic acids is 1. The molecule has 26 heavy (non-hydrogen) atoms. The number of hydrazone groups is 1. The molecule has 0 aliphatic carbocycles. The van der Waals surface area contributed by atoms with Crippen LogP contribution in [0.3, 0.4) is 0 Å². The van der Waals surface area contributed by atoms with Crippen molar-refractivity contribution < 1.29 is 22.7 Å². The number of ether oxygens (including phenoxy) is 1. The highest BCUT2D eigenvalue weighted by atomic mass is 19.1. The van der Waals surface area contributed by atoms with E-state index in [0.717, 1.165) is 18.3 Å². The van der Waals surface area contributed by atoms with Crippen LogP contribution in [-0.2, 0) is 6.61 Å². The molecule has 2 aromatic carbocycles. The fourth-order valence-electron chi connectivity index (χ4n) is 2.09. The number of hydrogen-bond donors (Lipinski definition) is 1. The Labute approximate surface area is 147 Å². The first-order chi connectivity index (χ1) is 12.6. The van der Waals surface area contributed by atoms with Gasteiger partial charge in [-0.1, -0.05) is 24.3 Å². The molecule has 0 bridgehead atoms. The molecule has 0 unspecified atom stereocenters. The van der Waals surface area contributed by atoms with E-state index < -0.39 is 17.5 Å². The highest BCUT2D eigenvalue weighted by molar-refractivity contribution is 5.92. The number of nitrogens with one attached hydrogen (secondary N) is 1.